The van der Waals surface area contributed by atoms with Crippen molar-refractivity contribution in [1.82, 2.24) is 9.55 Å². The van der Waals surface area contributed by atoms with Crippen LogP contribution >= 0.6 is 0 Å². The molecule has 0 saturated heterocycles. The quantitative estimate of drug-likeness (QED) is 0.496. The van der Waals surface area contributed by atoms with Crippen molar-refractivity contribution in [2.75, 3.05) is 0 Å². The second kappa shape index (κ2) is 2.96. The van der Waals surface area contributed by atoms with Crippen LogP contribution in [0.1, 0.15) is 0 Å². The number of nitrogens with zero attached hydrogens (tertiary/aromatic N) is 2. The molecule has 0 unspecified atom stereocenters. The number of aromatic nitrogens is 2. The number of imidazole rings is 1. The van der Waals surface area contributed by atoms with Crippen LogP contribution in [0.25, 0.3) is 0 Å². The molecule has 1 aromatic heterocycles. The molecule has 2 nitrogen and oxygen atoms in total. The summed E-state index contributed by atoms with van der Waals surface area (Å²) >= 11 is 2.15. The van der Waals surface area contributed by atoms with Crippen molar-refractivity contribution in [2.24, 2.45) is 0 Å². The van der Waals surface area contributed by atoms with E-state index < -0.39 is 0 Å². The third-order valence-corrected chi connectivity index (χ3v) is 1.04. The van der Waals surface area contributed by atoms with Gasteiger partial charge in [-0.2, -0.15) is 0 Å². The standard InChI is InChI=1S/C5H7N2.Li/c1-2-7-4-3-6-5-7;/h3-5H,1-2H2;. The Morgan fingerprint density at radius 1 is 1.62 bits per heavy atom. The van der Waals surface area contributed by atoms with Crippen molar-refractivity contribution in [3.63, 3.8) is 0 Å². The van der Waals surface area contributed by atoms with Crippen molar-refractivity contribution in [2.45, 2.75) is 11.6 Å². The molecular weight excluding hydrogens is 95.0 g/mol. The first-order valence-corrected chi connectivity index (χ1v) is 2.89. The molecule has 1 heterocycles. The Labute approximate surface area is 58.1 Å². The number of hydrogen-bond acceptors (Lipinski definition) is 1. The van der Waals surface area contributed by atoms with Crippen molar-refractivity contribution in [3.8, 4) is 0 Å². The first kappa shape index (κ1) is 5.94. The summed E-state index contributed by atoms with van der Waals surface area (Å²) in [5.41, 5.74) is 0. The monoisotopic (exact) mass is 102 g/mol. The van der Waals surface area contributed by atoms with Crippen LogP contribution in [-0.2, 0) is 6.54 Å². The maximum atomic E-state index is 3.90. The van der Waals surface area contributed by atoms with Crippen molar-refractivity contribution in [3.05, 3.63) is 18.7 Å². The predicted molar refractivity (Wildman–Crippen MR) is 32.8 cm³/mol. The van der Waals surface area contributed by atoms with E-state index in [0.717, 1.165) is 6.54 Å². The fraction of sp³-hybridized carbons (Fsp3) is 0.400. The maximum absolute atomic E-state index is 3.90. The van der Waals surface area contributed by atoms with Gasteiger partial charge in [0.05, 0.1) is 0 Å². The average molecular weight is 102 g/mol. The molecule has 3 heteroatoms. The van der Waals surface area contributed by atoms with Gasteiger partial charge in [0.15, 0.2) is 0 Å². The zero-order valence-corrected chi connectivity index (χ0v) is 5.04. The fourth-order valence-electron chi connectivity index (χ4n) is 0.677. The number of aryl methyl sites for hydroxylation is 1. The Morgan fingerprint density at radius 2 is 2.50 bits per heavy atom. The van der Waals surface area contributed by atoms with Crippen LogP contribution in [-0.4, -0.2) is 27.3 Å². The third-order valence-electron chi connectivity index (χ3n) is 1.04. The molecule has 0 aromatic carbocycles. The molecule has 0 aliphatic heterocycles. The summed E-state index contributed by atoms with van der Waals surface area (Å²) in [7, 11) is 0. The normalized spacial score (nSPS) is 9.75. The number of rotatable bonds is 2. The van der Waals surface area contributed by atoms with Crippen LogP contribution in [0.15, 0.2) is 18.7 Å². The molecule has 0 N–H and O–H groups in total. The van der Waals surface area contributed by atoms with Crippen molar-refractivity contribution in [1.29, 1.82) is 0 Å². The van der Waals surface area contributed by atoms with Gasteiger partial charge in [-0.1, -0.05) is 0 Å². The van der Waals surface area contributed by atoms with Crippen LogP contribution in [0, 0.1) is 0 Å². The summed E-state index contributed by atoms with van der Waals surface area (Å²) in [6, 6.07) is 0. The van der Waals surface area contributed by atoms with Crippen LogP contribution in [0.4, 0.5) is 0 Å². The number of hydrogen-bond donors (Lipinski definition) is 0. The van der Waals surface area contributed by atoms with E-state index in [1.807, 2.05) is 12.5 Å². The molecule has 38 valence electrons. The predicted octanol–water partition coefficient (Wildman–Crippen LogP) is 0.470. The fourth-order valence-corrected chi connectivity index (χ4v) is 0.677. The Morgan fingerprint density at radius 3 is 3.00 bits per heavy atom. The van der Waals surface area contributed by atoms with Crippen LogP contribution < -0.4 is 0 Å². The molecule has 0 amide bonds. The zero-order chi connectivity index (χ0) is 5.82. The van der Waals surface area contributed by atoms with Crippen LogP contribution in [0.3, 0.4) is 0 Å². The summed E-state index contributed by atoms with van der Waals surface area (Å²) in [5.74, 6) is 0. The summed E-state index contributed by atoms with van der Waals surface area (Å²) in [6.07, 6.45) is 5.61. The summed E-state index contributed by atoms with van der Waals surface area (Å²) < 4.78 is 2.07. The van der Waals surface area contributed by atoms with Gasteiger partial charge in [0.1, 0.15) is 0 Å². The van der Waals surface area contributed by atoms with E-state index in [-0.39, 0.29) is 0 Å². The van der Waals surface area contributed by atoms with Gasteiger partial charge in [-0.3, -0.25) is 0 Å². The molecule has 8 heavy (non-hydrogen) atoms. The van der Waals surface area contributed by atoms with Crippen molar-refractivity contribution < 1.29 is 0 Å². The van der Waals surface area contributed by atoms with Crippen LogP contribution in [0.2, 0.25) is 5.09 Å². The Kier molecular flexibility index (Phi) is 2.20. The second-order valence-corrected chi connectivity index (χ2v) is 1.80. The SMILES string of the molecule is [Li][CH2]Cn1ccnc1. The van der Waals surface area contributed by atoms with Gasteiger partial charge >= 0.3 is 57.6 Å². The third kappa shape index (κ3) is 1.40. The molecular formula is C5H7LiN2. The topological polar surface area (TPSA) is 17.8 Å². The van der Waals surface area contributed by atoms with E-state index in [4.69, 9.17) is 0 Å². The first-order valence-electron chi connectivity index (χ1n) is 2.89. The molecule has 0 saturated carbocycles. The molecule has 0 bridgehead atoms. The molecule has 1 aromatic rings. The second-order valence-electron chi connectivity index (χ2n) is 1.80. The molecule has 0 aliphatic rings. The van der Waals surface area contributed by atoms with E-state index in [0.29, 0.717) is 0 Å². The van der Waals surface area contributed by atoms with E-state index in [2.05, 4.69) is 27.3 Å². The minimum atomic E-state index is 1.08. The molecule has 0 atom stereocenters. The van der Waals surface area contributed by atoms with E-state index in [1.165, 1.54) is 5.09 Å². The van der Waals surface area contributed by atoms with Gasteiger partial charge < -0.3 is 0 Å². The average Bonchev–Trinajstić information content (AvgIpc) is 2.19. The van der Waals surface area contributed by atoms with Gasteiger partial charge in [-0.15, -0.1) is 0 Å². The zero-order valence-electron chi connectivity index (χ0n) is 5.04. The van der Waals surface area contributed by atoms with Gasteiger partial charge in [0.25, 0.3) is 0 Å². The molecule has 0 spiro atoms. The van der Waals surface area contributed by atoms with Gasteiger partial charge in [0, 0.05) is 0 Å². The molecule has 0 radical (unpaired) electrons. The Balaban J connectivity index is 2.50. The van der Waals surface area contributed by atoms with Crippen molar-refractivity contribution >= 4 is 17.7 Å². The van der Waals surface area contributed by atoms with E-state index >= 15 is 0 Å². The van der Waals surface area contributed by atoms with Crippen LogP contribution in [0.5, 0.6) is 0 Å². The molecule has 0 aliphatic carbocycles. The summed E-state index contributed by atoms with van der Waals surface area (Å²) in [6.45, 7) is 1.08. The Bertz CT molecular complexity index is 136. The van der Waals surface area contributed by atoms with E-state index in [9.17, 15) is 0 Å². The minimum absolute atomic E-state index is 1.08. The Hall–Kier alpha value is -0.193. The summed E-state index contributed by atoms with van der Waals surface area (Å²) in [4.78, 5) is 3.90. The van der Waals surface area contributed by atoms with E-state index in [1.54, 1.807) is 6.20 Å². The van der Waals surface area contributed by atoms with Gasteiger partial charge in [-0.25, -0.2) is 0 Å². The summed E-state index contributed by atoms with van der Waals surface area (Å²) in [5, 5.41) is 1.18. The molecule has 1 rings (SSSR count). The molecule has 0 fully saturated rings. The van der Waals surface area contributed by atoms with Gasteiger partial charge in [-0.05, 0) is 0 Å². The first-order chi connectivity index (χ1) is 3.93. The van der Waals surface area contributed by atoms with Gasteiger partial charge in [0.2, 0.25) is 0 Å².